The van der Waals surface area contributed by atoms with E-state index in [2.05, 4.69) is 15.0 Å². The summed E-state index contributed by atoms with van der Waals surface area (Å²) in [6, 6.07) is 10.2. The van der Waals surface area contributed by atoms with Crippen molar-refractivity contribution in [1.29, 1.82) is 0 Å². The maximum atomic E-state index is 13.0. The van der Waals surface area contributed by atoms with E-state index >= 15 is 0 Å². The maximum absolute atomic E-state index is 13.0. The molecule has 2 aromatic rings. The van der Waals surface area contributed by atoms with Crippen molar-refractivity contribution in [2.45, 2.75) is 32.5 Å². The SMILES string of the molecule is CCOCC(CNCc1ccc(C(C)NS(C)(=O)=O)cc1)Oc1ccc(F)cn1. The van der Waals surface area contributed by atoms with E-state index in [0.29, 0.717) is 32.2 Å². The van der Waals surface area contributed by atoms with Crippen molar-refractivity contribution in [2.24, 2.45) is 0 Å². The van der Waals surface area contributed by atoms with Gasteiger partial charge in [0.05, 0.1) is 19.1 Å². The Hall–Kier alpha value is -2.07. The highest BCUT2D eigenvalue weighted by atomic mass is 32.2. The number of benzene rings is 1. The zero-order valence-corrected chi connectivity index (χ0v) is 17.7. The normalized spacial score (nSPS) is 13.8. The molecule has 160 valence electrons. The summed E-state index contributed by atoms with van der Waals surface area (Å²) < 4.78 is 49.5. The maximum Gasteiger partial charge on any atom is 0.213 e. The van der Waals surface area contributed by atoms with Crippen molar-refractivity contribution >= 4 is 10.0 Å². The number of nitrogens with zero attached hydrogens (tertiary/aromatic N) is 1. The molecule has 0 aliphatic carbocycles. The van der Waals surface area contributed by atoms with E-state index in [1.165, 1.54) is 12.1 Å². The van der Waals surface area contributed by atoms with Crippen LogP contribution in [-0.4, -0.2) is 45.5 Å². The summed E-state index contributed by atoms with van der Waals surface area (Å²) in [4.78, 5) is 3.91. The molecule has 0 aliphatic heterocycles. The van der Waals surface area contributed by atoms with Gasteiger partial charge in [0.15, 0.2) is 0 Å². The van der Waals surface area contributed by atoms with Crippen molar-refractivity contribution < 1.29 is 22.3 Å². The quantitative estimate of drug-likeness (QED) is 0.543. The van der Waals surface area contributed by atoms with Gasteiger partial charge in [0.25, 0.3) is 0 Å². The van der Waals surface area contributed by atoms with Crippen LogP contribution in [0.4, 0.5) is 4.39 Å². The molecule has 29 heavy (non-hydrogen) atoms. The van der Waals surface area contributed by atoms with Gasteiger partial charge >= 0.3 is 0 Å². The van der Waals surface area contributed by atoms with Crippen LogP contribution in [0.1, 0.15) is 31.0 Å². The lowest BCUT2D eigenvalue weighted by molar-refractivity contribution is 0.0539. The first-order chi connectivity index (χ1) is 13.8. The van der Waals surface area contributed by atoms with Crippen LogP contribution in [-0.2, 0) is 21.3 Å². The molecule has 7 nitrogen and oxygen atoms in total. The summed E-state index contributed by atoms with van der Waals surface area (Å²) in [6.07, 6.45) is 1.98. The van der Waals surface area contributed by atoms with E-state index in [1.54, 1.807) is 6.92 Å². The third kappa shape index (κ3) is 8.86. The number of hydrogen-bond acceptors (Lipinski definition) is 6. The van der Waals surface area contributed by atoms with Crippen molar-refractivity contribution in [3.63, 3.8) is 0 Å². The lowest BCUT2D eigenvalue weighted by atomic mass is 10.1. The molecule has 2 rings (SSSR count). The molecule has 2 unspecified atom stereocenters. The van der Waals surface area contributed by atoms with Crippen LogP contribution in [0.25, 0.3) is 0 Å². The van der Waals surface area contributed by atoms with Crippen LogP contribution in [0.3, 0.4) is 0 Å². The number of aromatic nitrogens is 1. The fraction of sp³-hybridized carbons (Fsp3) is 0.450. The Morgan fingerprint density at radius 2 is 1.90 bits per heavy atom. The van der Waals surface area contributed by atoms with Gasteiger partial charge in [0, 0.05) is 31.8 Å². The van der Waals surface area contributed by atoms with E-state index in [4.69, 9.17) is 9.47 Å². The molecule has 0 amide bonds. The Kier molecular flexibility index (Phi) is 8.97. The van der Waals surface area contributed by atoms with Crippen LogP contribution in [0, 0.1) is 5.82 Å². The van der Waals surface area contributed by atoms with Gasteiger partial charge in [-0.3, -0.25) is 0 Å². The molecular formula is C20H28FN3O4S. The highest BCUT2D eigenvalue weighted by molar-refractivity contribution is 7.88. The van der Waals surface area contributed by atoms with E-state index in [9.17, 15) is 12.8 Å². The predicted octanol–water partition coefficient (Wildman–Crippen LogP) is 2.40. The van der Waals surface area contributed by atoms with E-state index in [-0.39, 0.29) is 12.1 Å². The van der Waals surface area contributed by atoms with Gasteiger partial charge in [0.1, 0.15) is 11.9 Å². The third-order valence-corrected chi connectivity index (χ3v) is 4.85. The number of pyridine rings is 1. The molecule has 0 bridgehead atoms. The van der Waals surface area contributed by atoms with Crippen molar-refractivity contribution in [2.75, 3.05) is 26.0 Å². The van der Waals surface area contributed by atoms with Gasteiger partial charge in [-0.25, -0.2) is 22.5 Å². The van der Waals surface area contributed by atoms with Crippen molar-refractivity contribution in [3.8, 4) is 5.88 Å². The first-order valence-corrected chi connectivity index (χ1v) is 11.3. The summed E-state index contributed by atoms with van der Waals surface area (Å²) >= 11 is 0. The summed E-state index contributed by atoms with van der Waals surface area (Å²) in [5.74, 6) is -0.0732. The Balaban J connectivity index is 1.86. The van der Waals surface area contributed by atoms with Gasteiger partial charge in [-0.05, 0) is 31.0 Å². The second kappa shape index (κ2) is 11.2. The summed E-state index contributed by atoms with van der Waals surface area (Å²) in [5.41, 5.74) is 1.94. The lowest BCUT2D eigenvalue weighted by Gasteiger charge is -2.19. The van der Waals surface area contributed by atoms with E-state index in [0.717, 1.165) is 23.6 Å². The summed E-state index contributed by atoms with van der Waals surface area (Å²) in [5, 5.41) is 3.31. The number of nitrogens with one attached hydrogen (secondary N) is 2. The first kappa shape index (κ1) is 23.2. The van der Waals surface area contributed by atoms with Crippen LogP contribution in [0.15, 0.2) is 42.6 Å². The Labute approximate surface area is 171 Å². The van der Waals surface area contributed by atoms with Crippen molar-refractivity contribution in [3.05, 3.63) is 59.5 Å². The second-order valence-electron chi connectivity index (χ2n) is 6.70. The molecular weight excluding hydrogens is 397 g/mol. The highest BCUT2D eigenvalue weighted by Gasteiger charge is 2.13. The van der Waals surface area contributed by atoms with Gasteiger partial charge < -0.3 is 14.8 Å². The fourth-order valence-electron chi connectivity index (χ4n) is 2.68. The van der Waals surface area contributed by atoms with Gasteiger partial charge in [-0.2, -0.15) is 0 Å². The lowest BCUT2D eigenvalue weighted by Crippen LogP contribution is -2.35. The number of halogens is 1. The molecule has 0 saturated carbocycles. The van der Waals surface area contributed by atoms with E-state index < -0.39 is 15.8 Å². The van der Waals surface area contributed by atoms with Crippen LogP contribution >= 0.6 is 0 Å². The molecule has 2 atom stereocenters. The van der Waals surface area contributed by atoms with Gasteiger partial charge in [0.2, 0.25) is 15.9 Å². The Bertz CT molecular complexity index is 845. The van der Waals surface area contributed by atoms with Crippen LogP contribution in [0.2, 0.25) is 0 Å². The molecule has 1 aromatic heterocycles. The topological polar surface area (TPSA) is 89.6 Å². The minimum Gasteiger partial charge on any atom is -0.471 e. The van der Waals surface area contributed by atoms with E-state index in [1.807, 2.05) is 31.2 Å². The molecule has 0 fully saturated rings. The molecule has 0 radical (unpaired) electrons. The average molecular weight is 426 g/mol. The van der Waals surface area contributed by atoms with Gasteiger partial charge in [-0.15, -0.1) is 0 Å². The smallest absolute Gasteiger partial charge is 0.213 e. The first-order valence-electron chi connectivity index (χ1n) is 9.39. The highest BCUT2D eigenvalue weighted by Crippen LogP contribution is 2.14. The Morgan fingerprint density at radius 3 is 2.48 bits per heavy atom. The monoisotopic (exact) mass is 425 g/mol. The molecule has 0 aliphatic rings. The minimum atomic E-state index is -3.26. The molecule has 1 aromatic carbocycles. The van der Waals surface area contributed by atoms with Crippen LogP contribution < -0.4 is 14.8 Å². The largest absolute Gasteiger partial charge is 0.471 e. The summed E-state index contributed by atoms with van der Waals surface area (Å²) in [7, 11) is -3.26. The zero-order chi connectivity index (χ0) is 21.3. The predicted molar refractivity (Wildman–Crippen MR) is 110 cm³/mol. The fourth-order valence-corrected chi connectivity index (χ4v) is 3.46. The number of rotatable bonds is 12. The number of sulfonamides is 1. The van der Waals surface area contributed by atoms with Crippen molar-refractivity contribution in [1.82, 2.24) is 15.0 Å². The average Bonchev–Trinajstić information content (AvgIpc) is 2.67. The summed E-state index contributed by atoms with van der Waals surface area (Å²) in [6.45, 7) is 5.78. The minimum absolute atomic E-state index is 0.272. The molecule has 2 N–H and O–H groups in total. The van der Waals surface area contributed by atoms with Crippen LogP contribution in [0.5, 0.6) is 5.88 Å². The number of hydrogen-bond donors (Lipinski definition) is 2. The third-order valence-electron chi connectivity index (χ3n) is 4.07. The zero-order valence-electron chi connectivity index (χ0n) is 16.9. The standard InChI is InChI=1S/C20H28FN3O4S/c1-4-27-14-19(28-20-10-9-18(21)12-23-20)13-22-11-16-5-7-17(8-6-16)15(2)24-29(3,25)26/h5-10,12,15,19,22,24H,4,11,13-14H2,1-3H3. The molecule has 1 heterocycles. The molecule has 9 heteroatoms. The Morgan fingerprint density at radius 1 is 1.17 bits per heavy atom. The number of ether oxygens (including phenoxy) is 2. The molecule has 0 saturated heterocycles. The second-order valence-corrected chi connectivity index (χ2v) is 8.48. The molecule has 0 spiro atoms. The van der Waals surface area contributed by atoms with Gasteiger partial charge in [-0.1, -0.05) is 24.3 Å².